The van der Waals surface area contributed by atoms with Crippen LogP contribution in [0, 0.1) is 0 Å². The van der Waals surface area contributed by atoms with Crippen molar-refractivity contribution in [3.8, 4) is 5.75 Å². The molecule has 2 N–H and O–H groups in total. The third kappa shape index (κ3) is 3.25. The highest BCUT2D eigenvalue weighted by Crippen LogP contribution is 2.17. The zero-order chi connectivity index (χ0) is 8.97. The van der Waals surface area contributed by atoms with Crippen LogP contribution < -0.4 is 22.9 Å². The Balaban J connectivity index is 0.00000144. The van der Waals surface area contributed by atoms with E-state index in [1.54, 1.807) is 7.11 Å². The lowest BCUT2D eigenvalue weighted by atomic mass is 10.1. The minimum atomic E-state index is 0. The van der Waals surface area contributed by atoms with Crippen LogP contribution in [0.25, 0.3) is 0 Å². The van der Waals surface area contributed by atoms with E-state index in [0.717, 1.165) is 12.2 Å². The van der Waals surface area contributed by atoms with Crippen LogP contribution in [0.2, 0.25) is 0 Å². The van der Waals surface area contributed by atoms with E-state index in [1.165, 1.54) is 5.56 Å². The maximum atomic E-state index is 5.84. The first-order valence-electron chi connectivity index (χ1n) is 4.17. The molecule has 0 radical (unpaired) electrons. The number of benzene rings is 1. The molecule has 2 nitrogen and oxygen atoms in total. The molecule has 0 heterocycles. The lowest BCUT2D eigenvalue weighted by Gasteiger charge is -2.09. The van der Waals surface area contributed by atoms with Crippen molar-refractivity contribution >= 4 is 0 Å². The Morgan fingerprint density at radius 1 is 1.31 bits per heavy atom. The number of ether oxygens (including phenoxy) is 1. The zero-order valence-corrected chi connectivity index (χ0v) is 8.71. The van der Waals surface area contributed by atoms with Gasteiger partial charge in [-0.25, -0.2) is 0 Å². The van der Waals surface area contributed by atoms with Gasteiger partial charge in [-0.2, -0.15) is 0 Å². The molecule has 0 spiro atoms. The Morgan fingerprint density at radius 2 is 1.85 bits per heavy atom. The van der Waals surface area contributed by atoms with Crippen LogP contribution in [0.4, 0.5) is 0 Å². The molecule has 1 aromatic carbocycles. The van der Waals surface area contributed by atoms with E-state index >= 15 is 0 Å². The summed E-state index contributed by atoms with van der Waals surface area (Å²) in [7, 11) is 1.66. The van der Waals surface area contributed by atoms with E-state index in [0.29, 0.717) is 0 Å². The molecule has 74 valence electrons. The van der Waals surface area contributed by atoms with Gasteiger partial charge in [0, 0.05) is 6.04 Å². The predicted molar refractivity (Wildman–Crippen MR) is 50.2 cm³/mol. The van der Waals surface area contributed by atoms with E-state index in [2.05, 4.69) is 6.92 Å². The van der Waals surface area contributed by atoms with Gasteiger partial charge in [0.05, 0.1) is 7.11 Å². The van der Waals surface area contributed by atoms with Gasteiger partial charge in [-0.1, -0.05) is 19.1 Å². The van der Waals surface area contributed by atoms with Crippen molar-refractivity contribution in [2.75, 3.05) is 7.11 Å². The summed E-state index contributed by atoms with van der Waals surface area (Å²) in [6.45, 7) is 2.08. The van der Waals surface area contributed by atoms with E-state index in [1.807, 2.05) is 24.3 Å². The van der Waals surface area contributed by atoms with Gasteiger partial charge in [0.15, 0.2) is 0 Å². The third-order valence-corrected chi connectivity index (χ3v) is 1.98. The second-order valence-electron chi connectivity index (χ2n) is 2.79. The standard InChI is InChI=1S/C10H15NO.ClH/c1-3-10(11)8-4-6-9(12-2)7-5-8;/h4-7,10H,3,11H2,1-2H3;1H/p-1. The molecule has 0 fully saturated rings. The average molecular weight is 201 g/mol. The van der Waals surface area contributed by atoms with Crippen LogP contribution in [0.1, 0.15) is 24.9 Å². The highest BCUT2D eigenvalue weighted by atomic mass is 35.5. The van der Waals surface area contributed by atoms with Crippen LogP contribution >= 0.6 is 0 Å². The van der Waals surface area contributed by atoms with Gasteiger partial charge < -0.3 is 22.9 Å². The number of rotatable bonds is 3. The lowest BCUT2D eigenvalue weighted by Crippen LogP contribution is -3.00. The Hall–Kier alpha value is -0.730. The summed E-state index contributed by atoms with van der Waals surface area (Å²) in [5, 5.41) is 0. The van der Waals surface area contributed by atoms with Gasteiger partial charge >= 0.3 is 0 Å². The van der Waals surface area contributed by atoms with Crippen molar-refractivity contribution in [3.63, 3.8) is 0 Å². The van der Waals surface area contributed by atoms with Gasteiger partial charge in [0.1, 0.15) is 5.75 Å². The largest absolute Gasteiger partial charge is 1.00 e. The first-order valence-corrected chi connectivity index (χ1v) is 4.17. The van der Waals surface area contributed by atoms with Crippen LogP contribution in [-0.4, -0.2) is 7.11 Å². The summed E-state index contributed by atoms with van der Waals surface area (Å²) in [6, 6.07) is 8.03. The molecule has 0 aliphatic carbocycles. The molecule has 0 aliphatic rings. The van der Waals surface area contributed by atoms with E-state index < -0.39 is 0 Å². The number of nitrogens with two attached hydrogens (primary N) is 1. The molecule has 0 aliphatic heterocycles. The van der Waals surface area contributed by atoms with Crippen LogP contribution in [0.3, 0.4) is 0 Å². The summed E-state index contributed by atoms with van der Waals surface area (Å²) in [6.07, 6.45) is 0.965. The van der Waals surface area contributed by atoms with Crippen molar-refractivity contribution in [3.05, 3.63) is 29.8 Å². The maximum absolute atomic E-state index is 5.84. The van der Waals surface area contributed by atoms with Crippen molar-refractivity contribution in [2.24, 2.45) is 5.73 Å². The lowest BCUT2D eigenvalue weighted by molar-refractivity contribution is -0.00000296. The minimum Gasteiger partial charge on any atom is -1.00 e. The molecular formula is C10H15ClNO-. The van der Waals surface area contributed by atoms with E-state index in [9.17, 15) is 0 Å². The molecule has 0 saturated carbocycles. The summed E-state index contributed by atoms with van der Waals surface area (Å²) < 4.78 is 5.04. The van der Waals surface area contributed by atoms with Crippen LogP contribution in [-0.2, 0) is 0 Å². The molecule has 1 aromatic rings. The fourth-order valence-corrected chi connectivity index (χ4v) is 1.09. The Labute approximate surface area is 85.5 Å². The van der Waals surface area contributed by atoms with E-state index in [-0.39, 0.29) is 18.4 Å². The zero-order valence-electron chi connectivity index (χ0n) is 7.96. The second kappa shape index (κ2) is 5.84. The molecular weight excluding hydrogens is 186 g/mol. The average Bonchev–Trinajstić information content (AvgIpc) is 2.17. The van der Waals surface area contributed by atoms with Crippen LogP contribution in [0.15, 0.2) is 24.3 Å². The number of hydrogen-bond donors (Lipinski definition) is 1. The summed E-state index contributed by atoms with van der Waals surface area (Å²) in [4.78, 5) is 0. The summed E-state index contributed by atoms with van der Waals surface area (Å²) in [5.41, 5.74) is 7.01. The molecule has 1 unspecified atom stereocenters. The molecule has 1 atom stereocenters. The summed E-state index contributed by atoms with van der Waals surface area (Å²) >= 11 is 0. The molecule has 0 amide bonds. The molecule has 1 rings (SSSR count). The molecule has 13 heavy (non-hydrogen) atoms. The molecule has 0 saturated heterocycles. The maximum Gasteiger partial charge on any atom is 0.118 e. The number of hydrogen-bond acceptors (Lipinski definition) is 2. The fraction of sp³-hybridized carbons (Fsp3) is 0.400. The number of methoxy groups -OCH3 is 1. The van der Waals surface area contributed by atoms with Crippen molar-refractivity contribution in [1.82, 2.24) is 0 Å². The third-order valence-electron chi connectivity index (χ3n) is 1.98. The van der Waals surface area contributed by atoms with Crippen molar-refractivity contribution in [1.29, 1.82) is 0 Å². The summed E-state index contributed by atoms with van der Waals surface area (Å²) in [5.74, 6) is 0.877. The molecule has 0 aromatic heterocycles. The first kappa shape index (κ1) is 12.3. The van der Waals surface area contributed by atoms with Gasteiger partial charge in [-0.3, -0.25) is 0 Å². The monoisotopic (exact) mass is 200 g/mol. The topological polar surface area (TPSA) is 35.2 Å². The van der Waals surface area contributed by atoms with Crippen LogP contribution in [0.5, 0.6) is 5.75 Å². The Kier molecular flexibility index (Phi) is 5.51. The molecule has 0 bridgehead atoms. The number of halogens is 1. The van der Waals surface area contributed by atoms with Crippen molar-refractivity contribution in [2.45, 2.75) is 19.4 Å². The highest BCUT2D eigenvalue weighted by molar-refractivity contribution is 5.28. The quantitative estimate of drug-likeness (QED) is 0.687. The first-order chi connectivity index (χ1) is 5.77. The normalized spacial score (nSPS) is 11.6. The van der Waals surface area contributed by atoms with Gasteiger partial charge in [-0.15, -0.1) is 0 Å². The predicted octanol–water partition coefficient (Wildman–Crippen LogP) is -0.891. The van der Waals surface area contributed by atoms with Crippen molar-refractivity contribution < 1.29 is 17.1 Å². The SMILES string of the molecule is CCC(N)c1ccc(OC)cc1.[Cl-]. The fourth-order valence-electron chi connectivity index (χ4n) is 1.09. The Bertz CT molecular complexity index is 235. The van der Waals surface area contributed by atoms with Gasteiger partial charge in [0.2, 0.25) is 0 Å². The van der Waals surface area contributed by atoms with E-state index in [4.69, 9.17) is 10.5 Å². The second-order valence-corrected chi connectivity index (χ2v) is 2.79. The Morgan fingerprint density at radius 3 is 2.23 bits per heavy atom. The molecule has 3 heteroatoms. The van der Waals surface area contributed by atoms with Gasteiger partial charge in [-0.05, 0) is 24.1 Å². The van der Waals surface area contributed by atoms with Gasteiger partial charge in [0.25, 0.3) is 0 Å². The minimum absolute atomic E-state index is 0. The highest BCUT2D eigenvalue weighted by Gasteiger charge is 2.01. The smallest absolute Gasteiger partial charge is 0.118 e.